The van der Waals surface area contributed by atoms with Gasteiger partial charge in [0.15, 0.2) is 0 Å². The third kappa shape index (κ3) is 3.66. The van der Waals surface area contributed by atoms with E-state index in [0.717, 1.165) is 18.2 Å². The number of carbonyl (C=O) groups is 1. The highest BCUT2D eigenvalue weighted by molar-refractivity contribution is 7.89. The minimum absolute atomic E-state index is 0.171. The molecule has 2 aromatic rings. The molecule has 0 saturated heterocycles. The van der Waals surface area contributed by atoms with Crippen LogP contribution in [0.25, 0.3) is 0 Å². The van der Waals surface area contributed by atoms with Crippen LogP contribution in [-0.4, -0.2) is 25.9 Å². The number of benzene rings is 1. The first kappa shape index (κ1) is 16.1. The summed E-state index contributed by atoms with van der Waals surface area (Å²) in [5.74, 6) is -1.54. The molecular formula is C14H14FN3O3S. The fourth-order valence-electron chi connectivity index (χ4n) is 1.75. The van der Waals surface area contributed by atoms with Gasteiger partial charge in [-0.25, -0.2) is 17.5 Å². The van der Waals surface area contributed by atoms with Gasteiger partial charge in [-0.1, -0.05) is 6.92 Å². The lowest BCUT2D eigenvalue weighted by molar-refractivity contribution is 0.102. The van der Waals surface area contributed by atoms with E-state index in [9.17, 15) is 17.6 Å². The molecule has 8 heteroatoms. The van der Waals surface area contributed by atoms with E-state index >= 15 is 0 Å². The molecule has 0 fully saturated rings. The molecule has 2 N–H and O–H groups in total. The summed E-state index contributed by atoms with van der Waals surface area (Å²) in [6.07, 6.45) is 2.94. The molecule has 0 bridgehead atoms. The lowest BCUT2D eigenvalue weighted by Crippen LogP contribution is -2.24. The van der Waals surface area contributed by atoms with Crippen LogP contribution < -0.4 is 10.0 Å². The number of carbonyl (C=O) groups excluding carboxylic acids is 1. The Morgan fingerprint density at radius 1 is 1.23 bits per heavy atom. The minimum atomic E-state index is -3.76. The fraction of sp³-hybridized carbons (Fsp3) is 0.143. The third-order valence-corrected chi connectivity index (χ3v) is 4.31. The number of rotatable bonds is 5. The first-order valence-electron chi connectivity index (χ1n) is 6.44. The van der Waals surface area contributed by atoms with Crippen LogP contribution in [-0.2, 0) is 10.0 Å². The van der Waals surface area contributed by atoms with Gasteiger partial charge in [-0.15, -0.1) is 0 Å². The van der Waals surface area contributed by atoms with E-state index < -0.39 is 21.7 Å². The fourth-order valence-corrected chi connectivity index (χ4v) is 2.82. The molecule has 116 valence electrons. The van der Waals surface area contributed by atoms with Crippen molar-refractivity contribution in [3.63, 3.8) is 0 Å². The Hall–Kier alpha value is -2.32. The Bertz CT molecular complexity index is 779. The van der Waals surface area contributed by atoms with Gasteiger partial charge in [-0.05, 0) is 30.3 Å². The Kier molecular flexibility index (Phi) is 4.84. The number of sulfonamides is 1. The summed E-state index contributed by atoms with van der Waals surface area (Å²) >= 11 is 0. The number of hydrogen-bond donors (Lipinski definition) is 2. The van der Waals surface area contributed by atoms with Crippen molar-refractivity contribution in [1.82, 2.24) is 9.71 Å². The van der Waals surface area contributed by atoms with Gasteiger partial charge in [0.1, 0.15) is 5.82 Å². The number of nitrogens with zero attached hydrogens (tertiary/aromatic N) is 1. The van der Waals surface area contributed by atoms with Gasteiger partial charge in [-0.3, -0.25) is 9.78 Å². The first-order valence-corrected chi connectivity index (χ1v) is 7.93. The van der Waals surface area contributed by atoms with E-state index in [-0.39, 0.29) is 17.0 Å². The molecule has 6 nitrogen and oxygen atoms in total. The van der Waals surface area contributed by atoms with Crippen molar-refractivity contribution in [2.45, 2.75) is 11.8 Å². The van der Waals surface area contributed by atoms with Gasteiger partial charge in [0.05, 0.1) is 10.5 Å². The highest BCUT2D eigenvalue weighted by Gasteiger charge is 2.18. The van der Waals surface area contributed by atoms with Crippen LogP contribution in [0.4, 0.5) is 10.1 Å². The lowest BCUT2D eigenvalue weighted by Gasteiger charge is -2.09. The zero-order chi connectivity index (χ0) is 16.2. The van der Waals surface area contributed by atoms with Gasteiger partial charge < -0.3 is 5.32 Å². The van der Waals surface area contributed by atoms with Gasteiger partial charge in [0.2, 0.25) is 10.0 Å². The van der Waals surface area contributed by atoms with E-state index in [1.165, 1.54) is 24.5 Å². The van der Waals surface area contributed by atoms with E-state index in [1.807, 2.05) is 0 Å². The Balaban J connectivity index is 2.33. The van der Waals surface area contributed by atoms with Gasteiger partial charge in [0.25, 0.3) is 5.91 Å². The van der Waals surface area contributed by atoms with Crippen molar-refractivity contribution in [2.75, 3.05) is 11.9 Å². The first-order chi connectivity index (χ1) is 10.4. The van der Waals surface area contributed by atoms with Crippen molar-refractivity contribution in [2.24, 2.45) is 0 Å². The number of nitrogens with one attached hydrogen (secondary N) is 2. The van der Waals surface area contributed by atoms with Crippen LogP contribution in [0.2, 0.25) is 0 Å². The average molecular weight is 323 g/mol. The molecule has 1 amide bonds. The summed E-state index contributed by atoms with van der Waals surface area (Å²) in [5, 5.41) is 2.48. The standard InChI is InChI=1S/C14H14FN3O3S/c1-2-17-22(20,21)11-3-4-13(15)12(9-11)14(19)18-10-5-7-16-8-6-10/h3-9,17H,2H2,1H3,(H,16,18,19). The second-order valence-electron chi connectivity index (χ2n) is 4.33. The molecule has 0 unspecified atom stereocenters. The summed E-state index contributed by atoms with van der Waals surface area (Å²) in [6.45, 7) is 1.82. The van der Waals surface area contributed by atoms with Crippen molar-refractivity contribution >= 4 is 21.6 Å². The molecule has 0 aliphatic rings. The molecule has 0 spiro atoms. The van der Waals surface area contributed by atoms with E-state index in [0.29, 0.717) is 5.69 Å². The monoisotopic (exact) mass is 323 g/mol. The summed E-state index contributed by atoms with van der Waals surface area (Å²) in [5.41, 5.74) is 0.0788. The maximum atomic E-state index is 13.8. The van der Waals surface area contributed by atoms with E-state index in [1.54, 1.807) is 6.92 Å². The largest absolute Gasteiger partial charge is 0.322 e. The number of anilines is 1. The second kappa shape index (κ2) is 6.63. The molecule has 0 aliphatic carbocycles. The Morgan fingerprint density at radius 3 is 2.55 bits per heavy atom. The smallest absolute Gasteiger partial charge is 0.258 e. The normalized spacial score (nSPS) is 11.2. The van der Waals surface area contributed by atoms with Crippen LogP contribution in [0.15, 0.2) is 47.6 Å². The second-order valence-corrected chi connectivity index (χ2v) is 6.10. The molecule has 0 saturated carbocycles. The summed E-state index contributed by atoms with van der Waals surface area (Å²) < 4.78 is 39.9. The predicted octanol–water partition coefficient (Wildman–Crippen LogP) is 1.77. The van der Waals surface area contributed by atoms with Crippen LogP contribution in [0, 0.1) is 5.82 Å². The number of pyridine rings is 1. The molecule has 1 heterocycles. The Labute approximate surface area is 127 Å². The van der Waals surface area contributed by atoms with Gasteiger partial charge in [-0.2, -0.15) is 0 Å². The molecule has 0 radical (unpaired) electrons. The summed E-state index contributed by atoms with van der Waals surface area (Å²) in [4.78, 5) is 15.7. The minimum Gasteiger partial charge on any atom is -0.322 e. The van der Waals surface area contributed by atoms with Crippen LogP contribution in [0.3, 0.4) is 0 Å². The molecule has 22 heavy (non-hydrogen) atoms. The molecule has 0 aliphatic heterocycles. The Morgan fingerprint density at radius 2 is 1.91 bits per heavy atom. The van der Waals surface area contributed by atoms with Gasteiger partial charge in [0, 0.05) is 24.6 Å². The third-order valence-electron chi connectivity index (χ3n) is 2.77. The molecule has 1 aromatic heterocycles. The number of amides is 1. The van der Waals surface area contributed by atoms with Crippen molar-refractivity contribution in [3.05, 3.63) is 54.1 Å². The van der Waals surface area contributed by atoms with Gasteiger partial charge >= 0.3 is 0 Å². The molecular weight excluding hydrogens is 309 g/mol. The quantitative estimate of drug-likeness (QED) is 0.878. The SMILES string of the molecule is CCNS(=O)(=O)c1ccc(F)c(C(=O)Nc2ccncc2)c1. The van der Waals surface area contributed by atoms with Crippen LogP contribution >= 0.6 is 0 Å². The van der Waals surface area contributed by atoms with Crippen molar-refractivity contribution in [3.8, 4) is 0 Å². The molecule has 0 atom stereocenters. The maximum absolute atomic E-state index is 13.8. The zero-order valence-corrected chi connectivity index (χ0v) is 12.5. The van der Waals surface area contributed by atoms with Crippen LogP contribution in [0.1, 0.15) is 17.3 Å². The average Bonchev–Trinajstić information content (AvgIpc) is 2.48. The summed E-state index contributed by atoms with van der Waals surface area (Å²) in [7, 11) is -3.76. The van der Waals surface area contributed by atoms with Crippen molar-refractivity contribution in [1.29, 1.82) is 0 Å². The highest BCUT2D eigenvalue weighted by Crippen LogP contribution is 2.17. The topological polar surface area (TPSA) is 88.2 Å². The zero-order valence-electron chi connectivity index (χ0n) is 11.7. The van der Waals surface area contributed by atoms with Crippen molar-refractivity contribution < 1.29 is 17.6 Å². The number of aromatic nitrogens is 1. The van der Waals surface area contributed by atoms with E-state index in [4.69, 9.17) is 0 Å². The highest BCUT2D eigenvalue weighted by atomic mass is 32.2. The lowest BCUT2D eigenvalue weighted by atomic mass is 10.2. The molecule has 2 rings (SSSR count). The van der Waals surface area contributed by atoms with E-state index in [2.05, 4.69) is 15.0 Å². The maximum Gasteiger partial charge on any atom is 0.258 e. The summed E-state index contributed by atoms with van der Waals surface area (Å²) in [6, 6.07) is 6.14. The predicted molar refractivity (Wildman–Crippen MR) is 79.5 cm³/mol. The molecule has 1 aromatic carbocycles. The van der Waals surface area contributed by atoms with Crippen LogP contribution in [0.5, 0.6) is 0 Å². The number of hydrogen-bond acceptors (Lipinski definition) is 4. The number of halogens is 1.